The molecule has 3 N–H and O–H groups in total. The molecule has 1 saturated heterocycles. The first-order valence-electron chi connectivity index (χ1n) is 7.70. The van der Waals surface area contributed by atoms with E-state index >= 15 is 0 Å². The van der Waals surface area contributed by atoms with Gasteiger partial charge in [0, 0.05) is 6.54 Å². The summed E-state index contributed by atoms with van der Waals surface area (Å²) >= 11 is 0. The van der Waals surface area contributed by atoms with E-state index in [1.807, 2.05) is 0 Å². The number of hydrogen-bond acceptors (Lipinski definition) is 4. The molecule has 1 aliphatic heterocycles. The van der Waals surface area contributed by atoms with Gasteiger partial charge in [-0.1, -0.05) is 12.1 Å². The predicted octanol–water partition coefficient (Wildman–Crippen LogP) is -1.61. The number of methoxy groups -OCH3 is 1. The summed E-state index contributed by atoms with van der Waals surface area (Å²) in [4.78, 5) is 36.2. The Morgan fingerprint density at radius 3 is 2.75 bits per heavy atom. The van der Waals surface area contributed by atoms with E-state index in [1.165, 1.54) is 19.2 Å². The molecule has 0 radical (unpaired) electrons. The van der Waals surface area contributed by atoms with Gasteiger partial charge >= 0.3 is 5.97 Å². The van der Waals surface area contributed by atoms with Crippen molar-refractivity contribution in [2.24, 2.45) is 0 Å². The fourth-order valence-corrected chi connectivity index (χ4v) is 2.60. The molecule has 1 heterocycles. The average molecular weight is 338 g/mol. The van der Waals surface area contributed by atoms with Crippen LogP contribution in [0.1, 0.15) is 12.0 Å². The molecule has 1 fully saturated rings. The van der Waals surface area contributed by atoms with Crippen LogP contribution in [0.25, 0.3) is 0 Å². The lowest BCUT2D eigenvalue weighted by molar-refractivity contribution is -0.909. The van der Waals surface area contributed by atoms with Gasteiger partial charge in [-0.25, -0.2) is 4.39 Å². The third kappa shape index (κ3) is 5.02. The average Bonchev–Trinajstić information content (AvgIpc) is 2.57. The first-order valence-corrected chi connectivity index (χ1v) is 7.70. The molecular formula is C16H21FN3O4+. The molecule has 0 bridgehead atoms. The number of esters is 1. The van der Waals surface area contributed by atoms with Crippen molar-refractivity contribution < 1.29 is 28.4 Å². The van der Waals surface area contributed by atoms with Gasteiger partial charge in [-0.3, -0.25) is 14.4 Å². The Morgan fingerprint density at radius 2 is 2.08 bits per heavy atom. The van der Waals surface area contributed by atoms with E-state index in [4.69, 9.17) is 0 Å². The van der Waals surface area contributed by atoms with Crippen molar-refractivity contribution in [2.45, 2.75) is 19.0 Å². The smallest absolute Gasteiger partial charge is 0.312 e. The molecule has 0 spiro atoms. The van der Waals surface area contributed by atoms with Crippen LogP contribution in [-0.2, 0) is 25.7 Å². The van der Waals surface area contributed by atoms with Crippen LogP contribution in [-0.4, -0.2) is 50.6 Å². The highest BCUT2D eigenvalue weighted by atomic mass is 19.1. The van der Waals surface area contributed by atoms with Gasteiger partial charge in [-0.15, -0.1) is 0 Å². The molecule has 2 amide bonds. The summed E-state index contributed by atoms with van der Waals surface area (Å²) < 4.78 is 17.4. The number of nitrogens with one attached hydrogen (secondary N) is 3. The summed E-state index contributed by atoms with van der Waals surface area (Å²) in [6.45, 7) is 1.37. The van der Waals surface area contributed by atoms with Crippen molar-refractivity contribution in [1.29, 1.82) is 0 Å². The fourth-order valence-electron chi connectivity index (χ4n) is 2.60. The number of piperazine rings is 1. The zero-order chi connectivity index (χ0) is 17.5. The number of halogens is 1. The molecule has 2 rings (SSSR count). The highest BCUT2D eigenvalue weighted by Gasteiger charge is 2.36. The fraction of sp³-hybridized carbons (Fsp3) is 0.438. The van der Waals surface area contributed by atoms with Gasteiger partial charge in [0.1, 0.15) is 12.2 Å². The lowest BCUT2D eigenvalue weighted by Gasteiger charge is -2.30. The number of carbonyl (C=O) groups excluding carboxylic acids is 3. The van der Waals surface area contributed by atoms with Crippen LogP contribution >= 0.6 is 0 Å². The highest BCUT2D eigenvalue weighted by molar-refractivity contribution is 5.86. The molecule has 8 heteroatoms. The van der Waals surface area contributed by atoms with Crippen molar-refractivity contribution in [2.75, 3.05) is 26.7 Å². The molecule has 1 unspecified atom stereocenters. The molecule has 1 aromatic rings. The molecule has 2 atom stereocenters. The summed E-state index contributed by atoms with van der Waals surface area (Å²) in [5, 5.41) is 5.43. The van der Waals surface area contributed by atoms with E-state index in [-0.39, 0.29) is 37.1 Å². The van der Waals surface area contributed by atoms with Crippen LogP contribution in [0.15, 0.2) is 24.3 Å². The maximum Gasteiger partial charge on any atom is 0.312 e. The molecule has 1 aromatic carbocycles. The van der Waals surface area contributed by atoms with Crippen LogP contribution in [0.5, 0.6) is 0 Å². The second-order valence-electron chi connectivity index (χ2n) is 5.61. The Morgan fingerprint density at radius 1 is 1.38 bits per heavy atom. The van der Waals surface area contributed by atoms with Gasteiger partial charge in [-0.05, 0) is 17.7 Å². The van der Waals surface area contributed by atoms with E-state index < -0.39 is 12.0 Å². The van der Waals surface area contributed by atoms with Gasteiger partial charge in [0.25, 0.3) is 11.8 Å². The summed E-state index contributed by atoms with van der Waals surface area (Å²) in [5.41, 5.74) is 0.780. The summed E-state index contributed by atoms with van der Waals surface area (Å²) in [7, 11) is 1.26. The van der Waals surface area contributed by atoms with Crippen molar-refractivity contribution in [1.82, 2.24) is 10.6 Å². The number of carbonyl (C=O) groups is 3. The molecule has 7 nitrogen and oxygen atoms in total. The van der Waals surface area contributed by atoms with Crippen molar-refractivity contribution >= 4 is 17.8 Å². The number of amides is 2. The number of quaternary nitrogens is 1. The van der Waals surface area contributed by atoms with Gasteiger partial charge in [-0.2, -0.15) is 0 Å². The maximum atomic E-state index is 12.8. The number of hydrogen-bond donors (Lipinski definition) is 3. The zero-order valence-electron chi connectivity index (χ0n) is 13.4. The number of rotatable bonds is 6. The molecular weight excluding hydrogens is 317 g/mol. The quantitative estimate of drug-likeness (QED) is 0.545. The molecule has 130 valence electrons. The van der Waals surface area contributed by atoms with Crippen molar-refractivity contribution in [3.8, 4) is 0 Å². The zero-order valence-corrected chi connectivity index (χ0v) is 13.4. The Hall–Kier alpha value is -2.48. The Balaban J connectivity index is 1.89. The van der Waals surface area contributed by atoms with Crippen LogP contribution in [0.3, 0.4) is 0 Å². The van der Waals surface area contributed by atoms with Crippen molar-refractivity contribution in [3.63, 3.8) is 0 Å². The Kier molecular flexibility index (Phi) is 6.25. The van der Waals surface area contributed by atoms with E-state index in [1.54, 1.807) is 12.1 Å². The van der Waals surface area contributed by atoms with Gasteiger partial charge < -0.3 is 20.3 Å². The van der Waals surface area contributed by atoms with Crippen LogP contribution in [0.4, 0.5) is 4.39 Å². The summed E-state index contributed by atoms with van der Waals surface area (Å²) in [6.07, 6.45) is -0.0666. The number of ether oxygens (including phenoxy) is 1. The van der Waals surface area contributed by atoms with Gasteiger partial charge in [0.05, 0.1) is 20.2 Å². The lowest BCUT2D eigenvalue weighted by atomic mass is 10.1. The molecule has 24 heavy (non-hydrogen) atoms. The molecule has 0 aliphatic carbocycles. The normalized spacial score (nSPS) is 20.2. The summed E-state index contributed by atoms with van der Waals surface area (Å²) in [6, 6.07) is 5.21. The van der Waals surface area contributed by atoms with Crippen LogP contribution < -0.4 is 15.5 Å². The molecule has 1 aliphatic rings. The van der Waals surface area contributed by atoms with Gasteiger partial charge in [0.2, 0.25) is 0 Å². The summed E-state index contributed by atoms with van der Waals surface area (Å²) in [5.74, 6) is -1.31. The Bertz CT molecular complexity index is 606. The largest absolute Gasteiger partial charge is 0.469 e. The third-order valence-electron chi connectivity index (χ3n) is 3.94. The third-order valence-corrected chi connectivity index (χ3v) is 3.94. The van der Waals surface area contributed by atoms with E-state index in [9.17, 15) is 18.8 Å². The topological polar surface area (TPSA) is 88.9 Å². The van der Waals surface area contributed by atoms with E-state index in [0.717, 1.165) is 10.5 Å². The Labute approximate surface area is 139 Å². The number of benzene rings is 1. The molecule has 0 saturated carbocycles. The monoisotopic (exact) mass is 338 g/mol. The van der Waals surface area contributed by atoms with E-state index in [0.29, 0.717) is 13.1 Å². The predicted molar refractivity (Wildman–Crippen MR) is 82.4 cm³/mol. The minimum Gasteiger partial charge on any atom is -0.469 e. The SMILES string of the molecule is COC(=O)C[C@H]1C(=O)NCC[NH+]1CC(=O)NCc1ccc(F)cc1. The maximum absolute atomic E-state index is 12.8. The first-order chi connectivity index (χ1) is 11.5. The minimum absolute atomic E-state index is 0.0666. The van der Waals surface area contributed by atoms with Crippen LogP contribution in [0, 0.1) is 5.82 Å². The minimum atomic E-state index is -0.636. The highest BCUT2D eigenvalue weighted by Crippen LogP contribution is 2.01. The molecule has 0 aromatic heterocycles. The van der Waals surface area contributed by atoms with Crippen LogP contribution in [0.2, 0.25) is 0 Å². The van der Waals surface area contributed by atoms with Crippen molar-refractivity contribution in [3.05, 3.63) is 35.6 Å². The van der Waals surface area contributed by atoms with Gasteiger partial charge in [0.15, 0.2) is 12.6 Å². The first kappa shape index (κ1) is 17.9. The lowest BCUT2D eigenvalue weighted by Crippen LogP contribution is -3.20. The van der Waals surface area contributed by atoms with E-state index in [2.05, 4.69) is 15.4 Å². The second kappa shape index (κ2) is 8.39. The second-order valence-corrected chi connectivity index (χ2v) is 5.61. The standard InChI is InChI=1S/C16H20FN3O4/c1-24-15(22)8-13-16(23)18-6-7-20(13)10-14(21)19-9-11-2-4-12(17)5-3-11/h2-5,13H,6-10H2,1H3,(H,18,23)(H,19,21)/p+1/t13-/m0/s1.